The Labute approximate surface area is 117 Å². The van der Waals surface area contributed by atoms with Gasteiger partial charge in [-0.3, -0.25) is 0 Å². The molecule has 0 aliphatic carbocycles. The Bertz CT molecular complexity index is 322. The third-order valence-corrected chi connectivity index (χ3v) is 2.76. The summed E-state index contributed by atoms with van der Waals surface area (Å²) in [5, 5.41) is 0. The smallest absolute Gasteiger partial charge is 0.0780 e. The minimum Gasteiger partial charge on any atom is -1.00 e. The van der Waals surface area contributed by atoms with Gasteiger partial charge in [0.1, 0.15) is 0 Å². The quantitative estimate of drug-likeness (QED) is 0.526. The molecule has 1 aromatic carbocycles. The molecular formula is C15H24BrN. The fraction of sp³-hybridized carbons (Fsp3) is 0.467. The van der Waals surface area contributed by atoms with Crippen LogP contribution in [-0.2, 0) is 6.42 Å². The van der Waals surface area contributed by atoms with Gasteiger partial charge in [-0.25, -0.2) is 0 Å². The zero-order chi connectivity index (χ0) is 12.0. The van der Waals surface area contributed by atoms with Gasteiger partial charge in [0, 0.05) is 0 Å². The molecule has 96 valence electrons. The molecule has 0 spiro atoms. The van der Waals surface area contributed by atoms with Crippen LogP contribution in [0.4, 0.5) is 0 Å². The van der Waals surface area contributed by atoms with Crippen LogP contribution in [0.25, 0.3) is 6.08 Å². The van der Waals surface area contributed by atoms with Crippen molar-refractivity contribution >= 4 is 6.08 Å². The summed E-state index contributed by atoms with van der Waals surface area (Å²) in [6.45, 7) is 5.02. The number of nitrogens with zero attached hydrogens (tertiary/aromatic N) is 1. The van der Waals surface area contributed by atoms with E-state index < -0.39 is 0 Å². The molecule has 1 rings (SSSR count). The van der Waals surface area contributed by atoms with Gasteiger partial charge in [0.25, 0.3) is 0 Å². The number of quaternary nitrogens is 1. The average Bonchev–Trinajstić information content (AvgIpc) is 2.24. The number of hydrogen-bond donors (Lipinski definition) is 0. The van der Waals surface area contributed by atoms with Gasteiger partial charge in [0.2, 0.25) is 0 Å². The second kappa shape index (κ2) is 7.67. The molecule has 0 aliphatic heterocycles. The first-order valence-corrected chi connectivity index (χ1v) is 6.03. The van der Waals surface area contributed by atoms with Crippen LogP contribution in [0.2, 0.25) is 0 Å². The lowest BCUT2D eigenvalue weighted by atomic mass is 10.1. The summed E-state index contributed by atoms with van der Waals surface area (Å²) < 4.78 is 1.06. The van der Waals surface area contributed by atoms with Crippen molar-refractivity contribution in [3.05, 3.63) is 42.0 Å². The van der Waals surface area contributed by atoms with E-state index >= 15 is 0 Å². The number of hydrogen-bond acceptors (Lipinski definition) is 0. The van der Waals surface area contributed by atoms with Gasteiger partial charge in [-0.05, 0) is 30.4 Å². The highest BCUT2D eigenvalue weighted by molar-refractivity contribution is 5.47. The molecular weight excluding hydrogens is 274 g/mol. The molecule has 0 atom stereocenters. The Hall–Kier alpha value is -0.600. The minimum absolute atomic E-state index is 0. The van der Waals surface area contributed by atoms with Crippen LogP contribution in [0.1, 0.15) is 24.0 Å². The summed E-state index contributed by atoms with van der Waals surface area (Å²) in [6.07, 6.45) is 5.66. The van der Waals surface area contributed by atoms with E-state index in [9.17, 15) is 0 Å². The number of benzene rings is 1. The first kappa shape index (κ1) is 16.4. The fourth-order valence-corrected chi connectivity index (χ4v) is 1.74. The molecule has 1 nitrogen and oxygen atoms in total. The predicted octanol–water partition coefficient (Wildman–Crippen LogP) is 0.363. The zero-order valence-electron chi connectivity index (χ0n) is 11.2. The molecule has 0 aromatic heterocycles. The SMILES string of the molecule is C=Cc1ccc(CCCC[N+](C)(C)C)cc1.[Br-]. The molecule has 0 heterocycles. The van der Waals surface area contributed by atoms with E-state index in [-0.39, 0.29) is 17.0 Å². The van der Waals surface area contributed by atoms with Gasteiger partial charge in [-0.1, -0.05) is 36.9 Å². The number of aryl methyl sites for hydroxylation is 1. The van der Waals surface area contributed by atoms with Crippen molar-refractivity contribution in [1.29, 1.82) is 0 Å². The van der Waals surface area contributed by atoms with Crippen molar-refractivity contribution in [2.45, 2.75) is 19.3 Å². The van der Waals surface area contributed by atoms with Gasteiger partial charge in [-0.15, -0.1) is 0 Å². The largest absolute Gasteiger partial charge is 1.00 e. The molecule has 0 N–H and O–H groups in total. The summed E-state index contributed by atoms with van der Waals surface area (Å²) in [4.78, 5) is 0. The molecule has 0 saturated heterocycles. The lowest BCUT2D eigenvalue weighted by Gasteiger charge is -2.23. The molecule has 1 aromatic rings. The molecule has 0 bridgehead atoms. The van der Waals surface area contributed by atoms with Gasteiger partial charge in [0.15, 0.2) is 0 Å². The summed E-state index contributed by atoms with van der Waals surface area (Å²) in [7, 11) is 6.75. The van der Waals surface area contributed by atoms with Gasteiger partial charge in [-0.2, -0.15) is 0 Å². The number of rotatable bonds is 6. The third kappa shape index (κ3) is 7.35. The van der Waals surface area contributed by atoms with Gasteiger partial charge >= 0.3 is 0 Å². The first-order valence-electron chi connectivity index (χ1n) is 6.03. The molecule has 2 heteroatoms. The second-order valence-electron chi connectivity index (χ2n) is 5.42. The van der Waals surface area contributed by atoms with E-state index in [0.29, 0.717) is 0 Å². The van der Waals surface area contributed by atoms with E-state index in [4.69, 9.17) is 0 Å². The first-order chi connectivity index (χ1) is 7.51. The molecule has 0 saturated carbocycles. The van der Waals surface area contributed by atoms with Crippen molar-refractivity contribution in [2.75, 3.05) is 27.7 Å². The Morgan fingerprint density at radius 2 is 1.65 bits per heavy atom. The molecule has 17 heavy (non-hydrogen) atoms. The van der Waals surface area contributed by atoms with Crippen molar-refractivity contribution < 1.29 is 21.5 Å². The van der Waals surface area contributed by atoms with E-state index in [2.05, 4.69) is 52.0 Å². The molecule has 0 aliphatic rings. The van der Waals surface area contributed by atoms with E-state index in [1.165, 1.54) is 36.9 Å². The summed E-state index contributed by atoms with van der Waals surface area (Å²) >= 11 is 0. The maximum atomic E-state index is 3.76. The average molecular weight is 298 g/mol. The Kier molecular flexibility index (Phi) is 7.40. The maximum Gasteiger partial charge on any atom is 0.0780 e. The monoisotopic (exact) mass is 297 g/mol. The minimum atomic E-state index is 0. The van der Waals surface area contributed by atoms with E-state index in [1.54, 1.807) is 0 Å². The normalized spacial score (nSPS) is 10.8. The Balaban J connectivity index is 0.00000256. The fourth-order valence-electron chi connectivity index (χ4n) is 1.74. The topological polar surface area (TPSA) is 0 Å². The van der Waals surface area contributed by atoms with Crippen LogP contribution in [0, 0.1) is 0 Å². The van der Waals surface area contributed by atoms with Crippen LogP contribution in [0.15, 0.2) is 30.8 Å². The molecule has 0 unspecified atom stereocenters. The predicted molar refractivity (Wildman–Crippen MR) is 72.4 cm³/mol. The maximum absolute atomic E-state index is 3.76. The Morgan fingerprint density at radius 1 is 1.06 bits per heavy atom. The van der Waals surface area contributed by atoms with Crippen LogP contribution >= 0.6 is 0 Å². The highest BCUT2D eigenvalue weighted by atomic mass is 79.9. The van der Waals surface area contributed by atoms with Crippen molar-refractivity contribution in [3.8, 4) is 0 Å². The standard InChI is InChI=1S/C15H24N.BrH/c1-5-14-9-11-15(12-10-14)8-6-7-13-16(2,3)4;/h5,9-12H,1,6-8,13H2,2-4H3;1H/q+1;/p-1. The Morgan fingerprint density at radius 3 is 2.12 bits per heavy atom. The van der Waals surface area contributed by atoms with E-state index in [0.717, 1.165) is 4.48 Å². The highest BCUT2D eigenvalue weighted by Gasteiger charge is 2.05. The van der Waals surface area contributed by atoms with Crippen molar-refractivity contribution in [1.82, 2.24) is 0 Å². The molecule has 0 radical (unpaired) electrons. The summed E-state index contributed by atoms with van der Waals surface area (Å²) in [6, 6.07) is 8.70. The van der Waals surface area contributed by atoms with Crippen LogP contribution in [0.3, 0.4) is 0 Å². The van der Waals surface area contributed by atoms with Gasteiger partial charge < -0.3 is 21.5 Å². The number of halogens is 1. The van der Waals surface area contributed by atoms with Crippen LogP contribution in [-0.4, -0.2) is 32.2 Å². The van der Waals surface area contributed by atoms with Crippen molar-refractivity contribution in [3.63, 3.8) is 0 Å². The van der Waals surface area contributed by atoms with E-state index in [1.807, 2.05) is 6.08 Å². The summed E-state index contributed by atoms with van der Waals surface area (Å²) in [5.41, 5.74) is 2.64. The molecule has 0 amide bonds. The lowest BCUT2D eigenvalue weighted by molar-refractivity contribution is -0.870. The van der Waals surface area contributed by atoms with Crippen molar-refractivity contribution in [2.24, 2.45) is 0 Å². The molecule has 0 fully saturated rings. The highest BCUT2D eigenvalue weighted by Crippen LogP contribution is 2.09. The lowest BCUT2D eigenvalue weighted by Crippen LogP contribution is -3.00. The summed E-state index contributed by atoms with van der Waals surface area (Å²) in [5.74, 6) is 0. The second-order valence-corrected chi connectivity index (χ2v) is 5.42. The van der Waals surface area contributed by atoms with Crippen LogP contribution < -0.4 is 17.0 Å². The number of unbranched alkanes of at least 4 members (excludes halogenated alkanes) is 1. The zero-order valence-corrected chi connectivity index (χ0v) is 12.8. The van der Waals surface area contributed by atoms with Gasteiger partial charge in [0.05, 0.1) is 27.7 Å². The van der Waals surface area contributed by atoms with Crippen LogP contribution in [0.5, 0.6) is 0 Å². The third-order valence-electron chi connectivity index (χ3n) is 2.76.